The number of fused-ring (bicyclic) bond motifs is 3. The van der Waals surface area contributed by atoms with Crippen molar-refractivity contribution in [2.75, 3.05) is 32.7 Å². The van der Waals surface area contributed by atoms with Gasteiger partial charge in [-0.15, -0.1) is 0 Å². The molecule has 7 heteroatoms. The first kappa shape index (κ1) is 20.5. The zero-order valence-corrected chi connectivity index (χ0v) is 18.6. The lowest BCUT2D eigenvalue weighted by molar-refractivity contribution is -0.103. The van der Waals surface area contributed by atoms with Crippen molar-refractivity contribution in [1.82, 2.24) is 24.9 Å². The third-order valence-corrected chi connectivity index (χ3v) is 8.10. The molecule has 31 heavy (non-hydrogen) atoms. The van der Waals surface area contributed by atoms with Gasteiger partial charge in [-0.25, -0.2) is 4.98 Å². The number of amides is 2. The molecule has 7 nitrogen and oxygen atoms in total. The second-order valence-electron chi connectivity index (χ2n) is 10.1. The van der Waals surface area contributed by atoms with Crippen LogP contribution in [0.1, 0.15) is 60.5 Å². The van der Waals surface area contributed by atoms with E-state index in [1.807, 2.05) is 17.0 Å². The Bertz CT molecular complexity index is 987. The molecule has 166 valence electrons. The van der Waals surface area contributed by atoms with Gasteiger partial charge in [-0.3, -0.25) is 14.0 Å². The van der Waals surface area contributed by atoms with E-state index in [9.17, 15) is 9.59 Å². The van der Waals surface area contributed by atoms with Gasteiger partial charge in [0.1, 0.15) is 17.0 Å². The van der Waals surface area contributed by atoms with Gasteiger partial charge in [0.2, 0.25) is 0 Å². The molecule has 0 spiro atoms. The first-order chi connectivity index (χ1) is 14.9. The summed E-state index contributed by atoms with van der Waals surface area (Å²) in [5.41, 5.74) is 1.97. The number of hydrogen-bond acceptors (Lipinski definition) is 4. The molecule has 0 aromatic carbocycles. The van der Waals surface area contributed by atoms with Crippen molar-refractivity contribution < 1.29 is 9.59 Å². The number of carbonyl (C=O) groups is 2. The molecule has 1 saturated heterocycles. The monoisotopic (exact) mass is 423 g/mol. The van der Waals surface area contributed by atoms with Gasteiger partial charge in [0.15, 0.2) is 0 Å². The van der Waals surface area contributed by atoms with Gasteiger partial charge >= 0.3 is 0 Å². The SMILES string of the molecule is CC1(C)[C@H]2CC[C@@H](CNC(=O)c3cccc4nc(C(=O)N5CCCNCC5)cn34)[C@@H]1C2. The van der Waals surface area contributed by atoms with E-state index in [1.165, 1.54) is 19.3 Å². The molecular formula is C24H33N5O2. The van der Waals surface area contributed by atoms with E-state index >= 15 is 0 Å². The topological polar surface area (TPSA) is 78.7 Å². The quantitative estimate of drug-likeness (QED) is 0.792. The summed E-state index contributed by atoms with van der Waals surface area (Å²) in [6.07, 6.45) is 6.44. The zero-order valence-electron chi connectivity index (χ0n) is 18.6. The normalized spacial score (nSPS) is 27.4. The maximum absolute atomic E-state index is 13.0. The Kier molecular flexibility index (Phi) is 5.24. The summed E-state index contributed by atoms with van der Waals surface area (Å²) < 4.78 is 1.75. The molecule has 0 radical (unpaired) electrons. The van der Waals surface area contributed by atoms with Crippen molar-refractivity contribution in [3.63, 3.8) is 0 Å². The lowest BCUT2D eigenvalue weighted by Crippen LogP contribution is -2.54. The first-order valence-electron chi connectivity index (χ1n) is 11.7. The molecule has 3 heterocycles. The fraction of sp³-hybridized carbons (Fsp3) is 0.625. The summed E-state index contributed by atoms with van der Waals surface area (Å²) in [4.78, 5) is 32.4. The summed E-state index contributed by atoms with van der Waals surface area (Å²) in [6.45, 7) is 8.62. The molecule has 6 rings (SSSR count). The van der Waals surface area contributed by atoms with E-state index in [1.54, 1.807) is 16.7 Å². The van der Waals surface area contributed by atoms with E-state index in [-0.39, 0.29) is 11.8 Å². The molecule has 4 fully saturated rings. The summed E-state index contributed by atoms with van der Waals surface area (Å²) >= 11 is 0. The number of rotatable bonds is 4. The van der Waals surface area contributed by atoms with Gasteiger partial charge in [0.05, 0.1) is 0 Å². The molecule has 2 N–H and O–H groups in total. The summed E-state index contributed by atoms with van der Waals surface area (Å²) in [5.74, 6) is 1.96. The van der Waals surface area contributed by atoms with Crippen LogP contribution in [0.2, 0.25) is 0 Å². The van der Waals surface area contributed by atoms with Crippen LogP contribution in [0.3, 0.4) is 0 Å². The fourth-order valence-electron chi connectivity index (χ4n) is 6.03. The van der Waals surface area contributed by atoms with Gasteiger partial charge in [-0.1, -0.05) is 19.9 Å². The highest BCUT2D eigenvalue weighted by molar-refractivity contribution is 5.95. The van der Waals surface area contributed by atoms with Crippen LogP contribution in [0.5, 0.6) is 0 Å². The van der Waals surface area contributed by atoms with Crippen molar-refractivity contribution in [3.8, 4) is 0 Å². The minimum Gasteiger partial charge on any atom is -0.350 e. The molecule has 2 amide bonds. The maximum atomic E-state index is 13.0. The van der Waals surface area contributed by atoms with Crippen LogP contribution >= 0.6 is 0 Å². The smallest absolute Gasteiger partial charge is 0.274 e. The predicted octanol–water partition coefficient (Wildman–Crippen LogP) is 2.57. The minimum atomic E-state index is -0.0970. The number of nitrogens with zero attached hydrogens (tertiary/aromatic N) is 3. The number of carbonyl (C=O) groups excluding carboxylic acids is 2. The Morgan fingerprint density at radius 3 is 2.90 bits per heavy atom. The Labute approximate surface area is 183 Å². The van der Waals surface area contributed by atoms with Crippen molar-refractivity contribution in [3.05, 3.63) is 35.8 Å². The van der Waals surface area contributed by atoms with Crippen LogP contribution in [0.15, 0.2) is 24.4 Å². The van der Waals surface area contributed by atoms with Gasteiger partial charge < -0.3 is 15.5 Å². The number of aromatic nitrogens is 2. The standard InChI is InChI=1S/C24H33N5O2/c1-24(2)17-8-7-16(18(24)13-17)14-26-22(30)20-5-3-6-21-27-19(15-29(20)21)23(31)28-11-4-9-25-10-12-28/h3,5-6,15-18,25H,4,7-14H2,1-2H3,(H,26,30)/t16-,17-,18-/m0/s1. The van der Waals surface area contributed by atoms with Gasteiger partial charge in [-0.05, 0) is 67.5 Å². The number of pyridine rings is 1. The van der Waals surface area contributed by atoms with Crippen LogP contribution in [-0.2, 0) is 0 Å². The molecule has 3 saturated carbocycles. The lowest BCUT2D eigenvalue weighted by Gasteiger charge is -2.60. The van der Waals surface area contributed by atoms with Crippen LogP contribution < -0.4 is 10.6 Å². The third kappa shape index (κ3) is 3.63. The summed E-state index contributed by atoms with van der Waals surface area (Å²) in [5, 5.41) is 6.49. The number of imidazole rings is 1. The van der Waals surface area contributed by atoms with E-state index in [0.29, 0.717) is 40.8 Å². The van der Waals surface area contributed by atoms with Gasteiger partial charge in [0, 0.05) is 32.4 Å². The van der Waals surface area contributed by atoms with Crippen LogP contribution in [-0.4, -0.2) is 58.8 Å². The molecule has 3 aliphatic carbocycles. The number of hydrogen-bond donors (Lipinski definition) is 2. The fourth-order valence-corrected chi connectivity index (χ4v) is 6.03. The van der Waals surface area contributed by atoms with Crippen molar-refractivity contribution in [2.24, 2.45) is 23.2 Å². The van der Waals surface area contributed by atoms with Crippen molar-refractivity contribution in [2.45, 2.75) is 39.5 Å². The Hall–Kier alpha value is -2.41. The molecule has 0 unspecified atom stereocenters. The Morgan fingerprint density at radius 1 is 1.23 bits per heavy atom. The molecule has 2 aromatic heterocycles. The lowest BCUT2D eigenvalue weighted by atomic mass is 9.45. The largest absolute Gasteiger partial charge is 0.350 e. The molecule has 1 aliphatic heterocycles. The van der Waals surface area contributed by atoms with E-state index in [2.05, 4.69) is 29.5 Å². The summed E-state index contributed by atoms with van der Waals surface area (Å²) in [6, 6.07) is 5.48. The molecule has 2 bridgehead atoms. The minimum absolute atomic E-state index is 0.0669. The second-order valence-corrected chi connectivity index (χ2v) is 10.1. The van der Waals surface area contributed by atoms with Crippen molar-refractivity contribution in [1.29, 1.82) is 0 Å². The Balaban J connectivity index is 1.30. The molecule has 2 aromatic rings. The van der Waals surface area contributed by atoms with E-state index < -0.39 is 0 Å². The molecule has 4 aliphatic rings. The number of nitrogens with one attached hydrogen (secondary N) is 2. The van der Waals surface area contributed by atoms with Gasteiger partial charge in [-0.2, -0.15) is 0 Å². The highest BCUT2D eigenvalue weighted by atomic mass is 16.2. The van der Waals surface area contributed by atoms with Crippen LogP contribution in [0.4, 0.5) is 0 Å². The van der Waals surface area contributed by atoms with E-state index in [0.717, 1.165) is 38.5 Å². The highest BCUT2D eigenvalue weighted by Gasteiger charge is 2.53. The van der Waals surface area contributed by atoms with Gasteiger partial charge in [0.25, 0.3) is 11.8 Å². The predicted molar refractivity (Wildman–Crippen MR) is 119 cm³/mol. The third-order valence-electron chi connectivity index (χ3n) is 8.10. The van der Waals surface area contributed by atoms with Crippen LogP contribution in [0.25, 0.3) is 5.65 Å². The average Bonchev–Trinajstić information content (AvgIpc) is 3.03. The highest BCUT2D eigenvalue weighted by Crippen LogP contribution is 2.61. The van der Waals surface area contributed by atoms with E-state index in [4.69, 9.17) is 0 Å². The van der Waals surface area contributed by atoms with Crippen LogP contribution in [0, 0.1) is 23.2 Å². The van der Waals surface area contributed by atoms with Crippen molar-refractivity contribution >= 4 is 17.5 Å². The first-order valence-corrected chi connectivity index (χ1v) is 11.7. The summed E-state index contributed by atoms with van der Waals surface area (Å²) in [7, 11) is 0. The zero-order chi connectivity index (χ0) is 21.6. The Morgan fingerprint density at radius 2 is 2.10 bits per heavy atom. The maximum Gasteiger partial charge on any atom is 0.274 e. The molecule has 3 atom stereocenters. The molecular weight excluding hydrogens is 390 g/mol. The average molecular weight is 424 g/mol. The second kappa shape index (κ2) is 7.93.